The number of nitrogens with one attached hydrogen (secondary N) is 1. The summed E-state index contributed by atoms with van der Waals surface area (Å²) in [7, 11) is -3.57. The van der Waals surface area contributed by atoms with Crippen LogP contribution in [0.2, 0.25) is 0 Å². The van der Waals surface area contributed by atoms with Crippen molar-refractivity contribution in [1.82, 2.24) is 9.29 Å². The second kappa shape index (κ2) is 6.80. The minimum atomic E-state index is -3.57. The van der Waals surface area contributed by atoms with Crippen LogP contribution in [0.15, 0.2) is 45.9 Å². The van der Waals surface area contributed by atoms with Crippen molar-refractivity contribution in [2.45, 2.75) is 4.90 Å². The second-order valence-corrected chi connectivity index (χ2v) is 8.57. The van der Waals surface area contributed by atoms with E-state index in [1.807, 2.05) is 0 Å². The lowest BCUT2D eigenvalue weighted by Gasteiger charge is -2.25. The molecule has 26 heavy (non-hydrogen) atoms. The number of benzene rings is 1. The zero-order valence-electron chi connectivity index (χ0n) is 13.5. The van der Waals surface area contributed by atoms with Crippen molar-refractivity contribution < 1.29 is 22.4 Å². The predicted molar refractivity (Wildman–Crippen MR) is 95.9 cm³/mol. The summed E-state index contributed by atoms with van der Waals surface area (Å²) in [5.41, 5.74) is 0.616. The van der Waals surface area contributed by atoms with Gasteiger partial charge in [0.05, 0.1) is 34.6 Å². The quantitative estimate of drug-likeness (QED) is 0.729. The minimum Gasteiger partial charge on any atom is -0.459 e. The molecule has 1 aliphatic rings. The number of thiazole rings is 1. The largest absolute Gasteiger partial charge is 0.459 e. The highest BCUT2D eigenvalue weighted by molar-refractivity contribution is 7.89. The van der Waals surface area contributed by atoms with Crippen LogP contribution in [0, 0.1) is 0 Å². The fourth-order valence-corrected chi connectivity index (χ4v) is 5.03. The van der Waals surface area contributed by atoms with Crippen LogP contribution < -0.4 is 5.32 Å². The second-order valence-electron chi connectivity index (χ2n) is 5.60. The number of carbonyl (C=O) groups excluding carboxylic acids is 1. The number of furan rings is 1. The van der Waals surface area contributed by atoms with E-state index < -0.39 is 15.9 Å². The van der Waals surface area contributed by atoms with Gasteiger partial charge in [-0.15, -0.1) is 0 Å². The number of hydrogen-bond acceptors (Lipinski definition) is 7. The molecule has 0 aliphatic carbocycles. The van der Waals surface area contributed by atoms with Crippen molar-refractivity contribution in [2.75, 3.05) is 31.6 Å². The van der Waals surface area contributed by atoms with Crippen molar-refractivity contribution in [3.8, 4) is 0 Å². The third kappa shape index (κ3) is 3.23. The summed E-state index contributed by atoms with van der Waals surface area (Å²) in [5, 5.41) is 3.03. The maximum Gasteiger partial charge on any atom is 0.293 e. The maximum absolute atomic E-state index is 12.7. The Balaban J connectivity index is 1.60. The number of fused-ring (bicyclic) bond motifs is 1. The molecule has 136 valence electrons. The molecule has 0 spiro atoms. The number of amides is 1. The molecular formula is C16H15N3O5S2. The molecule has 1 fully saturated rings. The standard InChI is InChI=1S/C16H15N3O5S2/c20-15(13-2-1-7-24-13)18-16-17-12-4-3-11(10-14(12)25-16)26(21,22)19-5-8-23-9-6-19/h1-4,7,10H,5-6,8-9H2,(H,17,18,20). The van der Waals surface area contributed by atoms with Crippen LogP contribution in [0.5, 0.6) is 0 Å². The van der Waals surface area contributed by atoms with Crippen LogP contribution in [0.3, 0.4) is 0 Å². The molecular weight excluding hydrogens is 378 g/mol. The Labute approximate surface area is 153 Å². The Morgan fingerprint density at radius 3 is 2.77 bits per heavy atom. The highest BCUT2D eigenvalue weighted by Crippen LogP contribution is 2.29. The molecule has 0 radical (unpaired) electrons. The summed E-state index contributed by atoms with van der Waals surface area (Å²) in [6.45, 7) is 1.47. The summed E-state index contributed by atoms with van der Waals surface area (Å²) in [6.07, 6.45) is 1.41. The van der Waals surface area contributed by atoms with E-state index in [0.717, 1.165) is 0 Å². The number of carbonyl (C=O) groups is 1. The van der Waals surface area contributed by atoms with E-state index in [0.29, 0.717) is 41.7 Å². The molecule has 3 aromatic rings. The van der Waals surface area contributed by atoms with Gasteiger partial charge in [0.15, 0.2) is 10.9 Å². The van der Waals surface area contributed by atoms with Gasteiger partial charge >= 0.3 is 0 Å². The summed E-state index contributed by atoms with van der Waals surface area (Å²) in [6, 6.07) is 7.93. The molecule has 4 rings (SSSR count). The van der Waals surface area contributed by atoms with Crippen LogP contribution in [0.1, 0.15) is 10.6 Å². The van der Waals surface area contributed by atoms with E-state index in [9.17, 15) is 13.2 Å². The fourth-order valence-electron chi connectivity index (χ4n) is 2.62. The van der Waals surface area contributed by atoms with Gasteiger partial charge in [-0.3, -0.25) is 10.1 Å². The van der Waals surface area contributed by atoms with Crippen LogP contribution in [0.25, 0.3) is 10.2 Å². The van der Waals surface area contributed by atoms with Crippen molar-refractivity contribution in [3.05, 3.63) is 42.4 Å². The molecule has 1 saturated heterocycles. The molecule has 1 N–H and O–H groups in total. The zero-order chi connectivity index (χ0) is 18.1. The Morgan fingerprint density at radius 2 is 2.04 bits per heavy atom. The first-order valence-corrected chi connectivity index (χ1v) is 10.1. The predicted octanol–water partition coefficient (Wildman–Crippen LogP) is 2.16. The Hall–Kier alpha value is -2.27. The lowest BCUT2D eigenvalue weighted by molar-refractivity contribution is 0.0730. The zero-order valence-corrected chi connectivity index (χ0v) is 15.2. The van der Waals surface area contributed by atoms with Gasteiger partial charge in [0, 0.05) is 13.1 Å². The smallest absolute Gasteiger partial charge is 0.293 e. The van der Waals surface area contributed by atoms with Gasteiger partial charge in [-0.05, 0) is 30.3 Å². The van der Waals surface area contributed by atoms with Crippen LogP contribution >= 0.6 is 11.3 Å². The van der Waals surface area contributed by atoms with E-state index in [-0.39, 0.29) is 10.7 Å². The molecule has 1 amide bonds. The number of sulfonamides is 1. The van der Waals surface area contributed by atoms with E-state index >= 15 is 0 Å². The Morgan fingerprint density at radius 1 is 1.23 bits per heavy atom. The Kier molecular flexibility index (Phi) is 4.49. The molecule has 3 heterocycles. The molecule has 0 saturated carbocycles. The highest BCUT2D eigenvalue weighted by Gasteiger charge is 2.26. The molecule has 1 aliphatic heterocycles. The average Bonchev–Trinajstić information content (AvgIpc) is 3.31. The summed E-state index contributed by atoms with van der Waals surface area (Å²) in [4.78, 5) is 16.6. The van der Waals surface area contributed by atoms with Gasteiger partial charge in [0.1, 0.15) is 0 Å². The number of anilines is 1. The topological polar surface area (TPSA) is 102 Å². The van der Waals surface area contributed by atoms with E-state index in [1.54, 1.807) is 24.3 Å². The van der Waals surface area contributed by atoms with E-state index in [4.69, 9.17) is 9.15 Å². The van der Waals surface area contributed by atoms with E-state index in [1.165, 1.54) is 28.0 Å². The van der Waals surface area contributed by atoms with Gasteiger partial charge in [-0.25, -0.2) is 13.4 Å². The number of nitrogens with zero attached hydrogens (tertiary/aromatic N) is 2. The Bertz CT molecular complexity index is 1040. The van der Waals surface area contributed by atoms with Crippen LogP contribution in [-0.2, 0) is 14.8 Å². The maximum atomic E-state index is 12.7. The number of morpholine rings is 1. The van der Waals surface area contributed by atoms with Crippen molar-refractivity contribution in [2.24, 2.45) is 0 Å². The average molecular weight is 393 g/mol. The van der Waals surface area contributed by atoms with Gasteiger partial charge < -0.3 is 9.15 Å². The lowest BCUT2D eigenvalue weighted by Crippen LogP contribution is -2.40. The summed E-state index contributed by atoms with van der Waals surface area (Å²) < 4.78 is 37.8. The third-order valence-corrected chi connectivity index (χ3v) is 6.76. The van der Waals surface area contributed by atoms with E-state index in [2.05, 4.69) is 10.3 Å². The van der Waals surface area contributed by atoms with Gasteiger partial charge in [-0.1, -0.05) is 11.3 Å². The minimum absolute atomic E-state index is 0.180. The molecule has 10 heteroatoms. The number of aromatic nitrogens is 1. The molecule has 0 bridgehead atoms. The SMILES string of the molecule is O=C(Nc1nc2ccc(S(=O)(=O)N3CCOCC3)cc2s1)c1ccco1. The first-order valence-electron chi connectivity index (χ1n) is 7.87. The molecule has 8 nitrogen and oxygen atoms in total. The molecule has 1 aromatic carbocycles. The molecule has 2 aromatic heterocycles. The highest BCUT2D eigenvalue weighted by atomic mass is 32.2. The number of hydrogen-bond donors (Lipinski definition) is 1. The van der Waals surface area contributed by atoms with Gasteiger partial charge in [0.25, 0.3) is 5.91 Å². The normalized spacial score (nSPS) is 16.0. The van der Waals surface area contributed by atoms with Gasteiger partial charge in [0.2, 0.25) is 10.0 Å². The monoisotopic (exact) mass is 393 g/mol. The van der Waals surface area contributed by atoms with Crippen LogP contribution in [-0.4, -0.2) is 49.9 Å². The van der Waals surface area contributed by atoms with Gasteiger partial charge in [-0.2, -0.15) is 4.31 Å². The molecule has 0 unspecified atom stereocenters. The van der Waals surface area contributed by atoms with Crippen molar-refractivity contribution >= 4 is 42.6 Å². The lowest BCUT2D eigenvalue weighted by atomic mass is 10.3. The number of ether oxygens (including phenoxy) is 1. The fraction of sp³-hybridized carbons (Fsp3) is 0.250. The summed E-state index contributed by atoms with van der Waals surface area (Å²) >= 11 is 1.21. The molecule has 0 atom stereocenters. The first kappa shape index (κ1) is 17.2. The first-order chi connectivity index (χ1) is 12.5. The van der Waals surface area contributed by atoms with Crippen molar-refractivity contribution in [1.29, 1.82) is 0 Å². The third-order valence-electron chi connectivity index (χ3n) is 3.93. The van der Waals surface area contributed by atoms with Crippen LogP contribution in [0.4, 0.5) is 5.13 Å². The number of rotatable bonds is 4. The summed E-state index contributed by atoms with van der Waals surface area (Å²) in [5.74, 6) is -0.227. The van der Waals surface area contributed by atoms with Crippen molar-refractivity contribution in [3.63, 3.8) is 0 Å².